The molecule has 0 aromatic heterocycles. The normalized spacial score (nSPS) is 18.9. The van der Waals surface area contributed by atoms with Gasteiger partial charge in [0.2, 0.25) is 0 Å². The molecule has 1 aliphatic rings. The number of thioether (sulfide) groups is 1. The van der Waals surface area contributed by atoms with Crippen LogP contribution >= 0.6 is 11.8 Å². The molecule has 0 aliphatic carbocycles. The molecule has 0 saturated heterocycles. The molecule has 0 bridgehead atoms. The maximum absolute atomic E-state index is 10.8. The van der Waals surface area contributed by atoms with E-state index in [1.54, 1.807) is 12.1 Å². The predicted molar refractivity (Wildman–Crippen MR) is 65.1 cm³/mol. The van der Waals surface area contributed by atoms with E-state index in [1.807, 2.05) is 0 Å². The van der Waals surface area contributed by atoms with Crippen LogP contribution in [0.15, 0.2) is 23.2 Å². The Morgan fingerprint density at radius 1 is 1.59 bits per heavy atom. The van der Waals surface area contributed by atoms with Gasteiger partial charge in [0, 0.05) is 17.4 Å². The van der Waals surface area contributed by atoms with Gasteiger partial charge in [0.25, 0.3) is 0 Å². The molecule has 1 heterocycles. The van der Waals surface area contributed by atoms with Gasteiger partial charge in [0.15, 0.2) is 6.04 Å². The summed E-state index contributed by atoms with van der Waals surface area (Å²) in [5, 5.41) is 19.2. The lowest BCUT2D eigenvalue weighted by molar-refractivity contribution is -0.137. The molecule has 1 atom stereocenters. The zero-order chi connectivity index (χ0) is 12.4. The fraction of sp³-hybridized carbons (Fsp3) is 0.273. The molecule has 1 unspecified atom stereocenters. The maximum Gasteiger partial charge on any atom is 0.329 e. The number of hydrogen-bond donors (Lipinski definition) is 2. The molecule has 0 radical (unpaired) electrons. The average molecular weight is 253 g/mol. The number of carboxylic acid groups (broad SMARTS) is 1. The van der Waals surface area contributed by atoms with Crippen LogP contribution in [0.3, 0.4) is 0 Å². The fourth-order valence-corrected chi connectivity index (χ4v) is 2.53. The van der Waals surface area contributed by atoms with Gasteiger partial charge in [-0.05, 0) is 12.1 Å². The Bertz CT molecular complexity index is 486. The summed E-state index contributed by atoms with van der Waals surface area (Å²) in [5.74, 6) is 0.0441. The van der Waals surface area contributed by atoms with E-state index in [0.29, 0.717) is 22.1 Å². The highest BCUT2D eigenvalue weighted by atomic mass is 32.2. The lowest BCUT2D eigenvalue weighted by atomic mass is 10.2. The lowest BCUT2D eigenvalue weighted by Crippen LogP contribution is -2.17. The smallest absolute Gasteiger partial charge is 0.329 e. The average Bonchev–Trinajstić information content (AvgIpc) is 2.78. The van der Waals surface area contributed by atoms with Crippen molar-refractivity contribution in [3.8, 4) is 11.5 Å². The summed E-state index contributed by atoms with van der Waals surface area (Å²) in [6, 6.07) is 4.12. The van der Waals surface area contributed by atoms with Crippen molar-refractivity contribution in [3.63, 3.8) is 0 Å². The van der Waals surface area contributed by atoms with Crippen LogP contribution < -0.4 is 4.74 Å². The van der Waals surface area contributed by atoms with E-state index in [1.165, 1.54) is 24.9 Å². The molecular formula is C11H11NO4S. The lowest BCUT2D eigenvalue weighted by Gasteiger charge is -2.05. The molecule has 6 heteroatoms. The molecule has 1 aromatic carbocycles. The van der Waals surface area contributed by atoms with Gasteiger partial charge in [0.05, 0.1) is 7.11 Å². The van der Waals surface area contributed by atoms with Crippen molar-refractivity contribution in [2.75, 3.05) is 12.9 Å². The minimum atomic E-state index is -0.944. The molecule has 17 heavy (non-hydrogen) atoms. The number of methoxy groups -OCH3 is 1. The zero-order valence-electron chi connectivity index (χ0n) is 9.08. The number of nitrogens with zero attached hydrogens (tertiary/aromatic N) is 1. The Morgan fingerprint density at radius 3 is 2.88 bits per heavy atom. The Labute approximate surface area is 102 Å². The molecule has 0 amide bonds. The van der Waals surface area contributed by atoms with Crippen molar-refractivity contribution in [1.29, 1.82) is 0 Å². The van der Waals surface area contributed by atoms with Crippen LogP contribution in [0.1, 0.15) is 5.56 Å². The number of aliphatic imine (C=N–C) groups is 1. The molecule has 0 fully saturated rings. The second kappa shape index (κ2) is 4.67. The quantitative estimate of drug-likeness (QED) is 0.850. The highest BCUT2D eigenvalue weighted by Crippen LogP contribution is 2.31. The van der Waals surface area contributed by atoms with E-state index in [9.17, 15) is 9.90 Å². The zero-order valence-corrected chi connectivity index (χ0v) is 9.90. The minimum absolute atomic E-state index is 0.0432. The minimum Gasteiger partial charge on any atom is -0.507 e. The number of rotatable bonds is 3. The van der Waals surface area contributed by atoms with Gasteiger partial charge >= 0.3 is 5.97 Å². The van der Waals surface area contributed by atoms with E-state index in [-0.39, 0.29) is 5.75 Å². The van der Waals surface area contributed by atoms with Crippen molar-refractivity contribution in [1.82, 2.24) is 0 Å². The number of carbonyl (C=O) groups is 1. The number of benzene rings is 1. The second-order valence-corrected chi connectivity index (χ2v) is 4.49. The highest BCUT2D eigenvalue weighted by molar-refractivity contribution is 8.14. The third-order valence-corrected chi connectivity index (χ3v) is 3.45. The van der Waals surface area contributed by atoms with Crippen LogP contribution in [0.25, 0.3) is 0 Å². The molecular weight excluding hydrogens is 242 g/mol. The standard InChI is InChI=1S/C11H11NO4S/c1-16-6-2-3-7(9(13)4-6)10-12-8(5-17-10)11(14)15/h2-4,8,13H,5H2,1H3,(H,14,15). The summed E-state index contributed by atoms with van der Waals surface area (Å²) in [6.07, 6.45) is 0. The van der Waals surface area contributed by atoms with Crippen LogP contribution in [0.2, 0.25) is 0 Å². The first-order valence-corrected chi connectivity index (χ1v) is 5.91. The van der Waals surface area contributed by atoms with Gasteiger partial charge in [-0.25, -0.2) is 4.79 Å². The largest absolute Gasteiger partial charge is 0.507 e. The van der Waals surface area contributed by atoms with E-state index < -0.39 is 12.0 Å². The van der Waals surface area contributed by atoms with Crippen molar-refractivity contribution in [3.05, 3.63) is 23.8 Å². The van der Waals surface area contributed by atoms with Crippen molar-refractivity contribution in [2.45, 2.75) is 6.04 Å². The topological polar surface area (TPSA) is 79.1 Å². The van der Waals surface area contributed by atoms with Gasteiger partial charge in [-0.15, -0.1) is 11.8 Å². The number of aromatic hydroxyl groups is 1. The number of hydrogen-bond acceptors (Lipinski definition) is 5. The molecule has 0 spiro atoms. The second-order valence-electron chi connectivity index (χ2n) is 3.48. The van der Waals surface area contributed by atoms with Gasteiger partial charge in [-0.1, -0.05) is 0 Å². The summed E-state index contributed by atoms with van der Waals surface area (Å²) in [4.78, 5) is 14.8. The first-order chi connectivity index (χ1) is 8.11. The monoisotopic (exact) mass is 253 g/mol. The number of aliphatic carboxylic acids is 1. The summed E-state index contributed by atoms with van der Waals surface area (Å²) in [7, 11) is 1.51. The summed E-state index contributed by atoms with van der Waals surface area (Å²) in [5.41, 5.74) is 0.541. The van der Waals surface area contributed by atoms with Gasteiger partial charge in [0.1, 0.15) is 16.5 Å². The van der Waals surface area contributed by atoms with Crippen molar-refractivity contribution < 1.29 is 19.7 Å². The van der Waals surface area contributed by atoms with E-state index in [0.717, 1.165) is 0 Å². The molecule has 2 rings (SSSR count). The number of carboxylic acids is 1. The Kier molecular flexibility index (Phi) is 3.23. The Balaban J connectivity index is 2.30. The third kappa shape index (κ3) is 2.36. The van der Waals surface area contributed by atoms with E-state index in [4.69, 9.17) is 9.84 Å². The molecule has 1 aromatic rings. The Hall–Kier alpha value is -1.69. The number of phenols is 1. The van der Waals surface area contributed by atoms with Crippen LogP contribution in [0.5, 0.6) is 11.5 Å². The summed E-state index contributed by atoms with van der Waals surface area (Å²) in [6.45, 7) is 0. The first-order valence-electron chi connectivity index (χ1n) is 4.92. The predicted octanol–water partition coefficient (Wildman–Crippen LogP) is 1.35. The molecule has 1 aliphatic heterocycles. The molecule has 2 N–H and O–H groups in total. The third-order valence-electron chi connectivity index (χ3n) is 2.37. The summed E-state index contributed by atoms with van der Waals surface area (Å²) >= 11 is 1.33. The van der Waals surface area contributed by atoms with E-state index >= 15 is 0 Å². The SMILES string of the molecule is COc1ccc(C2=NC(C(=O)O)CS2)c(O)c1. The van der Waals surface area contributed by atoms with Crippen LogP contribution in [-0.4, -0.2) is 40.1 Å². The van der Waals surface area contributed by atoms with Crippen molar-refractivity contribution in [2.24, 2.45) is 4.99 Å². The molecule has 0 saturated carbocycles. The molecule has 5 nitrogen and oxygen atoms in total. The number of phenolic OH excluding ortho intramolecular Hbond substituents is 1. The van der Waals surface area contributed by atoms with Gasteiger partial charge in [-0.2, -0.15) is 0 Å². The van der Waals surface area contributed by atoms with Crippen LogP contribution in [0, 0.1) is 0 Å². The van der Waals surface area contributed by atoms with Crippen LogP contribution in [-0.2, 0) is 4.79 Å². The van der Waals surface area contributed by atoms with Gasteiger partial charge < -0.3 is 14.9 Å². The Morgan fingerprint density at radius 2 is 2.35 bits per heavy atom. The molecule has 90 valence electrons. The van der Waals surface area contributed by atoms with Crippen molar-refractivity contribution >= 4 is 22.8 Å². The van der Waals surface area contributed by atoms with Gasteiger partial charge in [-0.3, -0.25) is 4.99 Å². The first kappa shape index (κ1) is 11.8. The number of ether oxygens (including phenoxy) is 1. The maximum atomic E-state index is 10.8. The fourth-order valence-electron chi connectivity index (χ4n) is 1.47. The van der Waals surface area contributed by atoms with E-state index in [2.05, 4.69) is 4.99 Å². The highest BCUT2D eigenvalue weighted by Gasteiger charge is 2.26. The van der Waals surface area contributed by atoms with Crippen LogP contribution in [0.4, 0.5) is 0 Å². The summed E-state index contributed by atoms with van der Waals surface area (Å²) < 4.78 is 4.97.